The molecule has 0 atom stereocenters. The van der Waals surface area contributed by atoms with Crippen molar-refractivity contribution in [1.29, 1.82) is 0 Å². The first-order chi connectivity index (χ1) is 9.72. The first-order valence-corrected chi connectivity index (χ1v) is 7.60. The van der Waals surface area contributed by atoms with Crippen LogP contribution in [-0.2, 0) is 6.54 Å². The second-order valence-electron chi connectivity index (χ2n) is 7.35. The van der Waals surface area contributed by atoms with Crippen LogP contribution in [0.3, 0.4) is 0 Å². The van der Waals surface area contributed by atoms with Crippen molar-refractivity contribution >= 4 is 0 Å². The lowest BCUT2D eigenvalue weighted by Gasteiger charge is -2.46. The van der Waals surface area contributed by atoms with Gasteiger partial charge >= 0.3 is 0 Å². The minimum Gasteiger partial charge on any atom is -0.504 e. The summed E-state index contributed by atoms with van der Waals surface area (Å²) in [5.41, 5.74) is 1.12. The molecular weight excluding hydrogens is 264 g/mol. The molecule has 0 aromatic heterocycles. The molecule has 1 heterocycles. The summed E-state index contributed by atoms with van der Waals surface area (Å²) in [5, 5.41) is 17.4. The van der Waals surface area contributed by atoms with E-state index < -0.39 is 0 Å². The summed E-state index contributed by atoms with van der Waals surface area (Å²) in [6.45, 7) is 9.62. The van der Waals surface area contributed by atoms with E-state index in [0.717, 1.165) is 18.4 Å². The van der Waals surface area contributed by atoms with E-state index in [1.165, 1.54) is 0 Å². The molecule has 1 aliphatic rings. The van der Waals surface area contributed by atoms with Gasteiger partial charge in [0.1, 0.15) is 0 Å². The number of ether oxygens (including phenoxy) is 1. The number of piperidine rings is 1. The van der Waals surface area contributed by atoms with Gasteiger partial charge in [-0.3, -0.25) is 0 Å². The van der Waals surface area contributed by atoms with Gasteiger partial charge in [-0.15, -0.1) is 0 Å². The molecular formula is C17H28N2O2. The Bertz CT molecular complexity index is 482. The van der Waals surface area contributed by atoms with Gasteiger partial charge in [0.05, 0.1) is 7.11 Å². The molecule has 1 aliphatic heterocycles. The normalized spacial score (nSPS) is 21.2. The van der Waals surface area contributed by atoms with Gasteiger partial charge in [-0.1, -0.05) is 12.1 Å². The van der Waals surface area contributed by atoms with E-state index in [1.807, 2.05) is 12.1 Å². The lowest BCUT2D eigenvalue weighted by Crippen LogP contribution is -2.61. The highest BCUT2D eigenvalue weighted by Gasteiger charge is 2.37. The Hall–Kier alpha value is -1.26. The molecule has 0 radical (unpaired) electrons. The topological polar surface area (TPSA) is 53.5 Å². The summed E-state index contributed by atoms with van der Waals surface area (Å²) in [6, 6.07) is 6.05. The fourth-order valence-electron chi connectivity index (χ4n) is 3.60. The van der Waals surface area contributed by atoms with Crippen molar-refractivity contribution in [3.63, 3.8) is 0 Å². The van der Waals surface area contributed by atoms with Crippen LogP contribution in [0.4, 0.5) is 0 Å². The van der Waals surface area contributed by atoms with Gasteiger partial charge in [-0.2, -0.15) is 0 Å². The van der Waals surface area contributed by atoms with E-state index in [0.29, 0.717) is 18.3 Å². The maximum absolute atomic E-state index is 10.1. The van der Waals surface area contributed by atoms with Crippen LogP contribution in [0.2, 0.25) is 0 Å². The molecule has 0 spiro atoms. The SMILES string of the molecule is COc1cccc(CNC2CC(C)(C)NC(C)(C)C2)c1O. The highest BCUT2D eigenvalue weighted by molar-refractivity contribution is 5.45. The highest BCUT2D eigenvalue weighted by atomic mass is 16.5. The smallest absolute Gasteiger partial charge is 0.162 e. The molecule has 0 amide bonds. The van der Waals surface area contributed by atoms with Crippen LogP contribution in [0, 0.1) is 0 Å². The Morgan fingerprint density at radius 3 is 2.43 bits per heavy atom. The first kappa shape index (κ1) is 16.1. The Balaban J connectivity index is 2.03. The van der Waals surface area contributed by atoms with Crippen LogP contribution in [0.25, 0.3) is 0 Å². The second-order valence-corrected chi connectivity index (χ2v) is 7.35. The van der Waals surface area contributed by atoms with Crippen molar-refractivity contribution in [3.05, 3.63) is 23.8 Å². The molecule has 4 heteroatoms. The minimum absolute atomic E-state index is 0.121. The van der Waals surface area contributed by atoms with E-state index in [9.17, 15) is 5.11 Å². The number of hydrogen-bond donors (Lipinski definition) is 3. The molecule has 0 saturated carbocycles. The molecule has 4 nitrogen and oxygen atoms in total. The monoisotopic (exact) mass is 292 g/mol. The average molecular weight is 292 g/mol. The number of methoxy groups -OCH3 is 1. The Labute approximate surface area is 127 Å². The van der Waals surface area contributed by atoms with Crippen LogP contribution in [0.15, 0.2) is 18.2 Å². The molecule has 0 bridgehead atoms. The van der Waals surface area contributed by atoms with Crippen LogP contribution >= 0.6 is 0 Å². The van der Waals surface area contributed by atoms with Gasteiger partial charge in [0.2, 0.25) is 0 Å². The molecule has 1 fully saturated rings. The molecule has 0 aliphatic carbocycles. The van der Waals surface area contributed by atoms with E-state index >= 15 is 0 Å². The molecule has 0 unspecified atom stereocenters. The zero-order valence-electron chi connectivity index (χ0n) is 13.8. The summed E-state index contributed by atoms with van der Waals surface area (Å²) in [4.78, 5) is 0. The molecule has 1 aromatic carbocycles. The fourth-order valence-corrected chi connectivity index (χ4v) is 3.60. The maximum Gasteiger partial charge on any atom is 0.162 e. The number of benzene rings is 1. The van der Waals surface area contributed by atoms with E-state index in [2.05, 4.69) is 38.3 Å². The third kappa shape index (κ3) is 4.11. The number of nitrogens with one attached hydrogen (secondary N) is 2. The van der Waals surface area contributed by atoms with Gasteiger partial charge in [0, 0.05) is 29.2 Å². The Morgan fingerprint density at radius 2 is 1.86 bits per heavy atom. The highest BCUT2D eigenvalue weighted by Crippen LogP contribution is 2.31. The van der Waals surface area contributed by atoms with Gasteiger partial charge in [-0.25, -0.2) is 0 Å². The third-order valence-corrected chi connectivity index (χ3v) is 4.07. The van der Waals surface area contributed by atoms with Crippen LogP contribution in [0.1, 0.15) is 46.1 Å². The number of phenolic OH excluding ortho intramolecular Hbond substituents is 1. The van der Waals surface area contributed by atoms with Gasteiger partial charge in [0.25, 0.3) is 0 Å². The zero-order valence-corrected chi connectivity index (χ0v) is 13.8. The summed E-state index contributed by atoms with van der Waals surface area (Å²) in [5.74, 6) is 0.764. The summed E-state index contributed by atoms with van der Waals surface area (Å²) < 4.78 is 5.16. The van der Waals surface area contributed by atoms with Crippen molar-refractivity contribution in [2.45, 2.75) is 64.2 Å². The summed E-state index contributed by atoms with van der Waals surface area (Å²) in [7, 11) is 1.57. The number of hydrogen-bond acceptors (Lipinski definition) is 4. The Kier molecular flexibility index (Phi) is 4.49. The summed E-state index contributed by atoms with van der Waals surface area (Å²) >= 11 is 0. The zero-order chi connectivity index (χ0) is 15.7. The minimum atomic E-state index is 0.121. The number of para-hydroxylation sites is 1. The predicted molar refractivity (Wildman–Crippen MR) is 85.8 cm³/mol. The number of rotatable bonds is 4. The molecule has 2 rings (SSSR count). The largest absolute Gasteiger partial charge is 0.504 e. The van der Waals surface area contributed by atoms with Crippen molar-refractivity contribution in [2.75, 3.05) is 7.11 Å². The van der Waals surface area contributed by atoms with Crippen LogP contribution in [0.5, 0.6) is 11.5 Å². The van der Waals surface area contributed by atoms with Crippen LogP contribution in [-0.4, -0.2) is 29.3 Å². The quantitative estimate of drug-likeness (QED) is 0.799. The lowest BCUT2D eigenvalue weighted by molar-refractivity contribution is 0.145. The van der Waals surface area contributed by atoms with E-state index in [1.54, 1.807) is 13.2 Å². The van der Waals surface area contributed by atoms with Crippen LogP contribution < -0.4 is 15.4 Å². The second kappa shape index (κ2) is 5.85. The molecule has 3 N–H and O–H groups in total. The number of aromatic hydroxyl groups is 1. The lowest BCUT2D eigenvalue weighted by atomic mass is 9.79. The molecule has 118 valence electrons. The van der Waals surface area contributed by atoms with Gasteiger partial charge in [-0.05, 0) is 46.6 Å². The molecule has 21 heavy (non-hydrogen) atoms. The predicted octanol–water partition coefficient (Wildman–Crippen LogP) is 2.80. The molecule has 1 aromatic rings. The maximum atomic E-state index is 10.1. The van der Waals surface area contributed by atoms with Gasteiger partial charge < -0.3 is 20.5 Å². The fraction of sp³-hybridized carbons (Fsp3) is 0.647. The van der Waals surface area contributed by atoms with E-state index in [-0.39, 0.29) is 16.8 Å². The number of phenols is 1. The Morgan fingerprint density at radius 1 is 1.24 bits per heavy atom. The first-order valence-electron chi connectivity index (χ1n) is 7.60. The van der Waals surface area contributed by atoms with Crippen molar-refractivity contribution < 1.29 is 9.84 Å². The van der Waals surface area contributed by atoms with Crippen molar-refractivity contribution in [3.8, 4) is 11.5 Å². The summed E-state index contributed by atoms with van der Waals surface area (Å²) in [6.07, 6.45) is 2.14. The standard InChI is InChI=1S/C17H28N2O2/c1-16(2)9-13(10-17(3,4)19-16)18-11-12-7-6-8-14(21-5)15(12)20/h6-8,13,18-20H,9-11H2,1-5H3. The van der Waals surface area contributed by atoms with Crippen molar-refractivity contribution in [1.82, 2.24) is 10.6 Å². The third-order valence-electron chi connectivity index (χ3n) is 4.07. The molecule has 1 saturated heterocycles. The van der Waals surface area contributed by atoms with Crippen molar-refractivity contribution in [2.24, 2.45) is 0 Å². The van der Waals surface area contributed by atoms with E-state index in [4.69, 9.17) is 4.74 Å². The van der Waals surface area contributed by atoms with Gasteiger partial charge in [0.15, 0.2) is 11.5 Å². The average Bonchev–Trinajstić information content (AvgIpc) is 2.34.